The number of hydrogen-bond donors (Lipinski definition) is 1. The Morgan fingerprint density at radius 3 is 2.52 bits per heavy atom. The third-order valence-electron chi connectivity index (χ3n) is 2.45. The maximum absolute atomic E-state index is 13.1. The van der Waals surface area contributed by atoms with Gasteiger partial charge in [-0.2, -0.15) is 4.98 Å². The average Bonchev–Trinajstić information content (AvgIpc) is 2.37. The highest BCUT2D eigenvalue weighted by atomic mass is 19.1. The Morgan fingerprint density at radius 1 is 1.29 bits per heavy atom. The number of hydrogen-bond acceptors (Lipinski definition) is 5. The Hall–Kier alpha value is -2.77. The normalized spacial score (nSPS) is 10.2. The molecular weight excluding hydrogens is 284 g/mol. The molecule has 0 radical (unpaired) electrons. The minimum absolute atomic E-state index is 0.211. The summed E-state index contributed by atoms with van der Waals surface area (Å²) in [6.45, 7) is 2.38. The molecule has 0 amide bonds. The molecule has 21 heavy (non-hydrogen) atoms. The Bertz CT molecular complexity index is 659. The van der Waals surface area contributed by atoms with Gasteiger partial charge >= 0.3 is 11.6 Å². The van der Waals surface area contributed by atoms with E-state index in [9.17, 15) is 18.9 Å². The summed E-state index contributed by atoms with van der Waals surface area (Å²) in [5.74, 6) is -1.90. The quantitative estimate of drug-likeness (QED) is 0.675. The molecule has 0 saturated carbocycles. The molecular formula is C13H11F2N3O3. The van der Waals surface area contributed by atoms with Crippen LogP contribution in [0.25, 0.3) is 0 Å². The van der Waals surface area contributed by atoms with Gasteiger partial charge in [0.2, 0.25) is 0 Å². The zero-order valence-electron chi connectivity index (χ0n) is 11.0. The number of anilines is 1. The molecule has 1 N–H and O–H groups in total. The van der Waals surface area contributed by atoms with Crippen LogP contribution in [0.15, 0.2) is 30.3 Å². The molecule has 0 aliphatic heterocycles. The first-order valence-electron chi connectivity index (χ1n) is 6.03. The highest BCUT2D eigenvalue weighted by Crippen LogP contribution is 2.31. The number of benzene rings is 1. The summed E-state index contributed by atoms with van der Waals surface area (Å²) in [6.07, 6.45) is 0. The standard InChI is InChI=1S/C13H11F2N3O3/c1-2-16-12-4-3-11(18(19)20)13(17-12)21-10-6-8(14)5-9(15)7-10/h3-7H,2H2,1H3,(H,16,17). The Morgan fingerprint density at radius 2 is 1.95 bits per heavy atom. The number of halogens is 2. The first kappa shape index (κ1) is 14.6. The van der Waals surface area contributed by atoms with Crippen molar-refractivity contribution in [3.05, 3.63) is 52.1 Å². The van der Waals surface area contributed by atoms with E-state index in [0.29, 0.717) is 18.4 Å². The van der Waals surface area contributed by atoms with E-state index in [0.717, 1.165) is 12.1 Å². The fourth-order valence-electron chi connectivity index (χ4n) is 1.63. The van der Waals surface area contributed by atoms with Crippen molar-refractivity contribution in [1.82, 2.24) is 4.98 Å². The van der Waals surface area contributed by atoms with Crippen LogP contribution in [0.1, 0.15) is 6.92 Å². The number of pyridine rings is 1. The number of rotatable bonds is 5. The fraction of sp³-hybridized carbons (Fsp3) is 0.154. The summed E-state index contributed by atoms with van der Waals surface area (Å²) in [4.78, 5) is 14.2. The van der Waals surface area contributed by atoms with Gasteiger partial charge in [0.15, 0.2) is 0 Å². The van der Waals surface area contributed by atoms with Crippen molar-refractivity contribution in [2.75, 3.05) is 11.9 Å². The molecule has 0 aliphatic carbocycles. The highest BCUT2D eigenvalue weighted by molar-refractivity contribution is 5.50. The van der Waals surface area contributed by atoms with Gasteiger partial charge in [-0.15, -0.1) is 0 Å². The van der Waals surface area contributed by atoms with Crippen LogP contribution in [0.5, 0.6) is 11.6 Å². The van der Waals surface area contributed by atoms with Crippen molar-refractivity contribution >= 4 is 11.5 Å². The summed E-state index contributed by atoms with van der Waals surface area (Å²) in [7, 11) is 0. The lowest BCUT2D eigenvalue weighted by Gasteiger charge is -2.08. The molecule has 110 valence electrons. The largest absolute Gasteiger partial charge is 0.433 e. The van der Waals surface area contributed by atoms with Gasteiger partial charge in [0.05, 0.1) is 4.92 Å². The third-order valence-corrected chi connectivity index (χ3v) is 2.45. The molecule has 2 aromatic rings. The first-order valence-corrected chi connectivity index (χ1v) is 6.03. The minimum atomic E-state index is -0.851. The molecule has 6 nitrogen and oxygen atoms in total. The average molecular weight is 295 g/mol. The number of nitro groups is 1. The van der Waals surface area contributed by atoms with Crippen molar-refractivity contribution in [1.29, 1.82) is 0 Å². The van der Waals surface area contributed by atoms with Crippen molar-refractivity contribution in [2.45, 2.75) is 6.92 Å². The molecule has 0 unspecified atom stereocenters. The second-order valence-corrected chi connectivity index (χ2v) is 4.02. The SMILES string of the molecule is CCNc1ccc([N+](=O)[O-])c(Oc2cc(F)cc(F)c2)n1. The van der Waals surface area contributed by atoms with Crippen LogP contribution in [-0.4, -0.2) is 16.5 Å². The van der Waals surface area contributed by atoms with E-state index in [2.05, 4.69) is 10.3 Å². The number of nitrogens with one attached hydrogen (secondary N) is 1. The van der Waals surface area contributed by atoms with E-state index in [1.54, 1.807) is 0 Å². The van der Waals surface area contributed by atoms with E-state index in [1.165, 1.54) is 12.1 Å². The first-order chi connectivity index (χ1) is 9.99. The highest BCUT2D eigenvalue weighted by Gasteiger charge is 2.19. The van der Waals surface area contributed by atoms with Crippen LogP contribution in [0.3, 0.4) is 0 Å². The summed E-state index contributed by atoms with van der Waals surface area (Å²) in [6, 6.07) is 5.11. The summed E-state index contributed by atoms with van der Waals surface area (Å²) in [5.41, 5.74) is -0.402. The van der Waals surface area contributed by atoms with E-state index < -0.39 is 22.2 Å². The fourth-order valence-corrected chi connectivity index (χ4v) is 1.63. The van der Waals surface area contributed by atoms with Gasteiger partial charge in [0.25, 0.3) is 0 Å². The van der Waals surface area contributed by atoms with Gasteiger partial charge in [0, 0.05) is 30.8 Å². The topological polar surface area (TPSA) is 77.3 Å². The van der Waals surface area contributed by atoms with Gasteiger partial charge in [-0.25, -0.2) is 8.78 Å². The van der Waals surface area contributed by atoms with Crippen molar-refractivity contribution in [3.8, 4) is 11.6 Å². The van der Waals surface area contributed by atoms with E-state index in [-0.39, 0.29) is 11.6 Å². The molecule has 8 heteroatoms. The van der Waals surface area contributed by atoms with Gasteiger partial charge in [-0.3, -0.25) is 10.1 Å². The lowest BCUT2D eigenvalue weighted by Crippen LogP contribution is -2.02. The summed E-state index contributed by atoms with van der Waals surface area (Å²) < 4.78 is 31.4. The van der Waals surface area contributed by atoms with Crippen LogP contribution >= 0.6 is 0 Å². The molecule has 2 rings (SSSR count). The Labute approximate surface area is 118 Å². The lowest BCUT2D eigenvalue weighted by molar-refractivity contribution is -0.386. The zero-order valence-corrected chi connectivity index (χ0v) is 11.0. The van der Waals surface area contributed by atoms with Crippen molar-refractivity contribution in [3.63, 3.8) is 0 Å². The monoisotopic (exact) mass is 295 g/mol. The summed E-state index contributed by atoms with van der Waals surface area (Å²) >= 11 is 0. The molecule has 0 fully saturated rings. The van der Waals surface area contributed by atoms with Crippen LogP contribution in [-0.2, 0) is 0 Å². The molecule has 0 atom stereocenters. The maximum atomic E-state index is 13.1. The minimum Gasteiger partial charge on any atom is -0.433 e. The number of nitrogens with zero attached hydrogens (tertiary/aromatic N) is 2. The predicted octanol–water partition coefficient (Wildman–Crippen LogP) is 3.49. The van der Waals surface area contributed by atoms with E-state index >= 15 is 0 Å². The van der Waals surface area contributed by atoms with Crippen LogP contribution in [0.4, 0.5) is 20.3 Å². The van der Waals surface area contributed by atoms with Crippen LogP contribution in [0, 0.1) is 21.7 Å². The van der Waals surface area contributed by atoms with Crippen LogP contribution < -0.4 is 10.1 Å². The lowest BCUT2D eigenvalue weighted by atomic mass is 10.3. The van der Waals surface area contributed by atoms with Gasteiger partial charge in [0.1, 0.15) is 23.2 Å². The number of aromatic nitrogens is 1. The second kappa shape index (κ2) is 6.12. The van der Waals surface area contributed by atoms with Gasteiger partial charge < -0.3 is 10.1 Å². The predicted molar refractivity (Wildman–Crippen MR) is 71.5 cm³/mol. The van der Waals surface area contributed by atoms with E-state index in [4.69, 9.17) is 4.74 Å². The smallest absolute Gasteiger partial charge is 0.331 e. The maximum Gasteiger partial charge on any atom is 0.331 e. The second-order valence-electron chi connectivity index (χ2n) is 4.02. The van der Waals surface area contributed by atoms with Gasteiger partial charge in [-0.05, 0) is 13.0 Å². The molecule has 0 spiro atoms. The van der Waals surface area contributed by atoms with Gasteiger partial charge in [-0.1, -0.05) is 0 Å². The van der Waals surface area contributed by atoms with Crippen LogP contribution in [0.2, 0.25) is 0 Å². The number of ether oxygens (including phenoxy) is 1. The molecule has 0 aliphatic rings. The third kappa shape index (κ3) is 3.62. The molecule has 0 saturated heterocycles. The Balaban J connectivity index is 2.40. The van der Waals surface area contributed by atoms with Crippen molar-refractivity contribution in [2.24, 2.45) is 0 Å². The molecule has 1 aromatic heterocycles. The molecule has 1 aromatic carbocycles. The molecule has 0 bridgehead atoms. The van der Waals surface area contributed by atoms with E-state index in [1.807, 2.05) is 6.92 Å². The van der Waals surface area contributed by atoms with Crippen molar-refractivity contribution < 1.29 is 18.4 Å². The summed E-state index contributed by atoms with van der Waals surface area (Å²) in [5, 5.41) is 13.8. The molecule has 1 heterocycles. The Kier molecular flexibility index (Phi) is 4.27. The zero-order chi connectivity index (χ0) is 15.4.